The largest absolute Gasteiger partial charge is 0.339 e. The molecule has 5 nitrogen and oxygen atoms in total. The molecule has 0 radical (unpaired) electrons. The maximum atomic E-state index is 13.1. The van der Waals surface area contributed by atoms with Crippen LogP contribution in [0.3, 0.4) is 0 Å². The third-order valence-electron chi connectivity index (χ3n) is 5.41. The van der Waals surface area contributed by atoms with Crippen molar-refractivity contribution in [3.8, 4) is 0 Å². The third-order valence-corrected chi connectivity index (χ3v) is 6.91. The third kappa shape index (κ3) is 5.46. The van der Waals surface area contributed by atoms with Crippen LogP contribution < -0.4 is 5.32 Å². The van der Waals surface area contributed by atoms with Crippen molar-refractivity contribution in [3.63, 3.8) is 0 Å². The Labute approximate surface area is 199 Å². The summed E-state index contributed by atoms with van der Waals surface area (Å²) in [4.78, 5) is 32.2. The molecule has 0 atom stereocenters. The van der Waals surface area contributed by atoms with Crippen LogP contribution in [0.15, 0.2) is 48.7 Å². The lowest BCUT2D eigenvalue weighted by Crippen LogP contribution is -2.41. The summed E-state index contributed by atoms with van der Waals surface area (Å²) in [6, 6.07) is 10.9. The SMILES string of the molecule is O=C(Nc1ncc(Cc2ccc(Cl)cc2Cl)s1)C1CCN(C(=O)c2ccc(F)cc2)CC1. The molecule has 0 saturated carbocycles. The maximum absolute atomic E-state index is 13.1. The minimum absolute atomic E-state index is 0.0932. The first-order valence-electron chi connectivity index (χ1n) is 10.1. The number of nitrogens with one attached hydrogen (secondary N) is 1. The molecule has 1 saturated heterocycles. The van der Waals surface area contributed by atoms with Gasteiger partial charge in [0.1, 0.15) is 5.82 Å². The van der Waals surface area contributed by atoms with Gasteiger partial charge >= 0.3 is 0 Å². The summed E-state index contributed by atoms with van der Waals surface area (Å²) in [7, 11) is 0. The number of likely N-dealkylation sites (tertiary alicyclic amines) is 1. The molecule has 1 aliphatic rings. The van der Waals surface area contributed by atoms with E-state index in [1.165, 1.54) is 35.6 Å². The average Bonchev–Trinajstić information content (AvgIpc) is 3.22. The minimum atomic E-state index is -0.376. The van der Waals surface area contributed by atoms with Gasteiger partial charge in [-0.2, -0.15) is 0 Å². The quantitative estimate of drug-likeness (QED) is 0.499. The summed E-state index contributed by atoms with van der Waals surface area (Å²) in [5.41, 5.74) is 1.39. The Balaban J connectivity index is 1.29. The van der Waals surface area contributed by atoms with Crippen molar-refractivity contribution in [2.75, 3.05) is 18.4 Å². The van der Waals surface area contributed by atoms with E-state index in [1.807, 2.05) is 6.07 Å². The number of hydrogen-bond acceptors (Lipinski definition) is 4. The van der Waals surface area contributed by atoms with E-state index >= 15 is 0 Å². The molecule has 0 bridgehead atoms. The summed E-state index contributed by atoms with van der Waals surface area (Å²) in [5.74, 6) is -0.803. The topological polar surface area (TPSA) is 62.3 Å². The molecule has 1 aliphatic heterocycles. The molecule has 1 fully saturated rings. The summed E-state index contributed by atoms with van der Waals surface area (Å²) < 4.78 is 13.1. The lowest BCUT2D eigenvalue weighted by molar-refractivity contribution is -0.121. The molecule has 166 valence electrons. The highest BCUT2D eigenvalue weighted by Crippen LogP contribution is 2.28. The standard InChI is InChI=1S/C23H20Cl2FN3O2S/c24-17-4-1-16(20(25)12-17)11-19-13-27-23(32-19)28-21(30)14-7-9-29(10-8-14)22(31)15-2-5-18(26)6-3-15/h1-6,12-14H,7-11H2,(H,27,28,30). The molecular formula is C23H20Cl2FN3O2S. The van der Waals surface area contributed by atoms with Gasteiger partial charge in [0.15, 0.2) is 5.13 Å². The lowest BCUT2D eigenvalue weighted by atomic mass is 9.95. The van der Waals surface area contributed by atoms with Crippen LogP contribution in [0.25, 0.3) is 0 Å². The van der Waals surface area contributed by atoms with Crippen LogP contribution in [-0.2, 0) is 11.2 Å². The normalized spacial score (nSPS) is 14.4. The molecule has 0 unspecified atom stereocenters. The van der Waals surface area contributed by atoms with E-state index in [1.54, 1.807) is 23.2 Å². The molecule has 1 N–H and O–H groups in total. The van der Waals surface area contributed by atoms with Crippen LogP contribution in [0.2, 0.25) is 10.0 Å². The molecule has 2 heterocycles. The van der Waals surface area contributed by atoms with E-state index in [0.29, 0.717) is 53.1 Å². The van der Waals surface area contributed by atoms with Crippen molar-refractivity contribution in [1.29, 1.82) is 0 Å². The molecule has 4 rings (SSSR count). The Bertz CT molecular complexity index is 1130. The van der Waals surface area contributed by atoms with Crippen LogP contribution in [0, 0.1) is 11.7 Å². The molecule has 32 heavy (non-hydrogen) atoms. The molecule has 9 heteroatoms. The van der Waals surface area contributed by atoms with Crippen molar-refractivity contribution >= 4 is 51.5 Å². The van der Waals surface area contributed by atoms with Gasteiger partial charge in [0.25, 0.3) is 5.91 Å². The number of rotatable bonds is 5. The van der Waals surface area contributed by atoms with E-state index in [-0.39, 0.29) is 23.5 Å². The lowest BCUT2D eigenvalue weighted by Gasteiger charge is -2.31. The molecule has 2 amide bonds. The number of piperidine rings is 1. The van der Waals surface area contributed by atoms with Gasteiger partial charge in [-0.1, -0.05) is 29.3 Å². The summed E-state index contributed by atoms with van der Waals surface area (Å²) in [6.45, 7) is 0.957. The highest BCUT2D eigenvalue weighted by Gasteiger charge is 2.28. The first-order valence-corrected chi connectivity index (χ1v) is 11.7. The van der Waals surface area contributed by atoms with Crippen LogP contribution in [-0.4, -0.2) is 34.8 Å². The van der Waals surface area contributed by atoms with Crippen molar-refractivity contribution in [2.24, 2.45) is 5.92 Å². The van der Waals surface area contributed by atoms with Gasteiger partial charge in [-0.25, -0.2) is 9.37 Å². The van der Waals surface area contributed by atoms with Crippen LogP contribution in [0.5, 0.6) is 0 Å². The molecule has 0 aliphatic carbocycles. The smallest absolute Gasteiger partial charge is 0.253 e. The molecular weight excluding hydrogens is 472 g/mol. The van der Waals surface area contributed by atoms with Crippen molar-refractivity contribution in [1.82, 2.24) is 9.88 Å². The van der Waals surface area contributed by atoms with Gasteiger partial charge in [0, 0.05) is 52.1 Å². The van der Waals surface area contributed by atoms with Crippen LogP contribution >= 0.6 is 34.5 Å². The van der Waals surface area contributed by atoms with E-state index in [0.717, 1.165) is 10.4 Å². The van der Waals surface area contributed by atoms with E-state index < -0.39 is 0 Å². The minimum Gasteiger partial charge on any atom is -0.339 e. The van der Waals surface area contributed by atoms with Crippen molar-refractivity contribution in [2.45, 2.75) is 19.3 Å². The second-order valence-corrected chi connectivity index (χ2v) is 9.57. The first kappa shape index (κ1) is 22.7. The average molecular weight is 492 g/mol. The number of thiazole rings is 1. The maximum Gasteiger partial charge on any atom is 0.253 e. The number of halogens is 3. The molecule has 1 aromatic heterocycles. The zero-order chi connectivity index (χ0) is 22.7. The Morgan fingerprint density at radius 2 is 1.84 bits per heavy atom. The predicted octanol–water partition coefficient (Wildman–Crippen LogP) is 5.67. The highest BCUT2D eigenvalue weighted by molar-refractivity contribution is 7.15. The van der Waals surface area contributed by atoms with Gasteiger partial charge in [-0.05, 0) is 54.8 Å². The fourth-order valence-corrected chi connectivity index (χ4v) is 4.94. The van der Waals surface area contributed by atoms with E-state index in [2.05, 4.69) is 10.3 Å². The van der Waals surface area contributed by atoms with Gasteiger partial charge < -0.3 is 10.2 Å². The monoisotopic (exact) mass is 491 g/mol. The molecule has 0 spiro atoms. The van der Waals surface area contributed by atoms with Crippen LogP contribution in [0.1, 0.15) is 33.6 Å². The zero-order valence-electron chi connectivity index (χ0n) is 17.0. The van der Waals surface area contributed by atoms with Gasteiger partial charge in [-0.15, -0.1) is 11.3 Å². The highest BCUT2D eigenvalue weighted by atomic mass is 35.5. The Kier molecular flexibility index (Phi) is 7.08. The Morgan fingerprint density at radius 1 is 1.12 bits per heavy atom. The second kappa shape index (κ2) is 9.98. The summed E-state index contributed by atoms with van der Waals surface area (Å²) in [5, 5.41) is 4.61. The number of carbonyl (C=O) groups excluding carboxylic acids is 2. The number of carbonyl (C=O) groups is 2. The molecule has 2 aromatic carbocycles. The first-order chi connectivity index (χ1) is 15.4. The summed E-state index contributed by atoms with van der Waals surface area (Å²) in [6.07, 6.45) is 3.47. The van der Waals surface area contributed by atoms with Crippen molar-refractivity contribution < 1.29 is 14.0 Å². The van der Waals surface area contributed by atoms with Crippen LogP contribution in [0.4, 0.5) is 9.52 Å². The van der Waals surface area contributed by atoms with Crippen molar-refractivity contribution in [3.05, 3.63) is 80.5 Å². The molecule has 3 aromatic rings. The fraction of sp³-hybridized carbons (Fsp3) is 0.261. The van der Waals surface area contributed by atoms with Gasteiger partial charge in [0.05, 0.1) is 0 Å². The number of hydrogen-bond donors (Lipinski definition) is 1. The number of amides is 2. The number of aromatic nitrogens is 1. The summed E-state index contributed by atoms with van der Waals surface area (Å²) >= 11 is 13.6. The predicted molar refractivity (Wildman–Crippen MR) is 125 cm³/mol. The second-order valence-electron chi connectivity index (χ2n) is 7.61. The number of nitrogens with zero attached hydrogens (tertiary/aromatic N) is 2. The Morgan fingerprint density at radius 3 is 2.53 bits per heavy atom. The van der Waals surface area contributed by atoms with E-state index in [4.69, 9.17) is 23.2 Å². The number of anilines is 1. The van der Waals surface area contributed by atoms with Gasteiger partial charge in [0.2, 0.25) is 5.91 Å². The number of benzene rings is 2. The fourth-order valence-electron chi connectivity index (χ4n) is 3.63. The van der Waals surface area contributed by atoms with E-state index in [9.17, 15) is 14.0 Å². The zero-order valence-corrected chi connectivity index (χ0v) is 19.3. The Hall–Kier alpha value is -2.48. The van der Waals surface area contributed by atoms with Gasteiger partial charge in [-0.3, -0.25) is 9.59 Å².